The number of nitrogens with zero attached hydrogens (tertiary/aromatic N) is 3. The largest absolute Gasteiger partial charge is 0.340 e. The van der Waals surface area contributed by atoms with Crippen LogP contribution < -0.4 is 0 Å². The summed E-state index contributed by atoms with van der Waals surface area (Å²) in [4.78, 5) is 13.1. The molecule has 1 aromatic heterocycles. The second-order valence-corrected chi connectivity index (χ2v) is 4.17. The zero-order valence-electron chi connectivity index (χ0n) is 8.64. The van der Waals surface area contributed by atoms with E-state index in [1.165, 1.54) is 0 Å². The van der Waals surface area contributed by atoms with E-state index in [-0.39, 0.29) is 11.2 Å². The summed E-state index contributed by atoms with van der Waals surface area (Å²) in [5.41, 5.74) is 1.03. The van der Waals surface area contributed by atoms with E-state index in [0.29, 0.717) is 6.54 Å². The standard InChI is InChI=1S/C9H15N3OS/c1-7(14)9(13)11(2)5-8-4-10-12(3)6-8/h4,6-7,14H,5H2,1-3H3. The van der Waals surface area contributed by atoms with Gasteiger partial charge in [-0.2, -0.15) is 17.7 Å². The van der Waals surface area contributed by atoms with E-state index in [2.05, 4.69) is 17.7 Å². The maximum absolute atomic E-state index is 11.5. The van der Waals surface area contributed by atoms with Crippen molar-refractivity contribution >= 4 is 18.5 Å². The number of aromatic nitrogens is 2. The molecule has 78 valence electrons. The van der Waals surface area contributed by atoms with Crippen LogP contribution in [-0.2, 0) is 18.4 Å². The van der Waals surface area contributed by atoms with Crippen LogP contribution in [0.2, 0.25) is 0 Å². The van der Waals surface area contributed by atoms with Crippen molar-refractivity contribution in [3.05, 3.63) is 18.0 Å². The SMILES string of the molecule is CC(S)C(=O)N(C)Cc1cnn(C)c1. The van der Waals surface area contributed by atoms with Gasteiger partial charge in [-0.1, -0.05) is 0 Å². The number of carbonyl (C=O) groups is 1. The molecule has 0 saturated heterocycles. The lowest BCUT2D eigenvalue weighted by Crippen LogP contribution is -2.31. The summed E-state index contributed by atoms with van der Waals surface area (Å²) >= 11 is 4.09. The number of aryl methyl sites for hydroxylation is 1. The third-order valence-corrected chi connectivity index (χ3v) is 2.13. The summed E-state index contributed by atoms with van der Waals surface area (Å²) in [6.45, 7) is 2.35. The zero-order valence-corrected chi connectivity index (χ0v) is 9.53. The van der Waals surface area contributed by atoms with Crippen LogP contribution in [0.15, 0.2) is 12.4 Å². The van der Waals surface area contributed by atoms with Gasteiger partial charge in [-0.15, -0.1) is 0 Å². The molecule has 0 radical (unpaired) electrons. The predicted molar refractivity (Wildman–Crippen MR) is 58.1 cm³/mol. The fourth-order valence-corrected chi connectivity index (χ4v) is 1.42. The van der Waals surface area contributed by atoms with Crippen molar-refractivity contribution in [2.24, 2.45) is 7.05 Å². The van der Waals surface area contributed by atoms with Crippen LogP contribution in [-0.4, -0.2) is 32.9 Å². The molecule has 1 unspecified atom stereocenters. The summed E-state index contributed by atoms with van der Waals surface area (Å²) in [5.74, 6) is 0.0252. The molecule has 5 heteroatoms. The van der Waals surface area contributed by atoms with E-state index < -0.39 is 0 Å². The van der Waals surface area contributed by atoms with Crippen molar-refractivity contribution in [3.8, 4) is 0 Å². The topological polar surface area (TPSA) is 38.1 Å². The Hall–Kier alpha value is -0.970. The van der Waals surface area contributed by atoms with Crippen molar-refractivity contribution in [3.63, 3.8) is 0 Å². The third-order valence-electron chi connectivity index (χ3n) is 1.91. The smallest absolute Gasteiger partial charge is 0.235 e. The molecule has 14 heavy (non-hydrogen) atoms. The Balaban J connectivity index is 2.57. The second kappa shape index (κ2) is 4.50. The number of carbonyl (C=O) groups excluding carboxylic acids is 1. The van der Waals surface area contributed by atoms with Gasteiger partial charge in [0, 0.05) is 32.4 Å². The van der Waals surface area contributed by atoms with E-state index >= 15 is 0 Å². The molecule has 1 aromatic rings. The first-order chi connectivity index (χ1) is 6.50. The van der Waals surface area contributed by atoms with Gasteiger partial charge in [-0.25, -0.2) is 0 Å². The van der Waals surface area contributed by atoms with Gasteiger partial charge in [0.15, 0.2) is 0 Å². The Labute approximate surface area is 89.3 Å². The van der Waals surface area contributed by atoms with Gasteiger partial charge in [0.25, 0.3) is 0 Å². The summed E-state index contributed by atoms with van der Waals surface area (Å²) in [6, 6.07) is 0. The van der Waals surface area contributed by atoms with Crippen LogP contribution in [0.5, 0.6) is 0 Å². The summed E-state index contributed by atoms with van der Waals surface area (Å²) in [6.07, 6.45) is 3.65. The Morgan fingerprint density at radius 1 is 1.79 bits per heavy atom. The molecule has 1 atom stereocenters. The highest BCUT2D eigenvalue weighted by atomic mass is 32.1. The van der Waals surface area contributed by atoms with Crippen LogP contribution in [0, 0.1) is 0 Å². The second-order valence-electron chi connectivity index (χ2n) is 3.39. The first-order valence-corrected chi connectivity index (χ1v) is 4.93. The fourth-order valence-electron chi connectivity index (χ4n) is 1.22. The normalized spacial score (nSPS) is 12.6. The van der Waals surface area contributed by atoms with Gasteiger partial charge in [-0.05, 0) is 6.92 Å². The van der Waals surface area contributed by atoms with Crippen LogP contribution in [0.25, 0.3) is 0 Å². The van der Waals surface area contributed by atoms with Crippen LogP contribution in [0.3, 0.4) is 0 Å². The molecule has 0 aliphatic heterocycles. The molecule has 0 aliphatic carbocycles. The van der Waals surface area contributed by atoms with Crippen LogP contribution in [0.1, 0.15) is 12.5 Å². The Bertz CT molecular complexity index is 322. The first-order valence-electron chi connectivity index (χ1n) is 4.41. The summed E-state index contributed by atoms with van der Waals surface area (Å²) in [7, 11) is 3.62. The van der Waals surface area contributed by atoms with Gasteiger partial charge in [0.1, 0.15) is 0 Å². The van der Waals surface area contributed by atoms with Crippen molar-refractivity contribution in [1.29, 1.82) is 0 Å². The fraction of sp³-hybridized carbons (Fsp3) is 0.556. The molecule has 0 aromatic carbocycles. The highest BCUT2D eigenvalue weighted by molar-refractivity contribution is 7.81. The van der Waals surface area contributed by atoms with Gasteiger partial charge in [0.05, 0.1) is 11.4 Å². The minimum Gasteiger partial charge on any atom is -0.340 e. The lowest BCUT2D eigenvalue weighted by molar-refractivity contribution is -0.129. The van der Waals surface area contributed by atoms with Gasteiger partial charge in [-0.3, -0.25) is 9.48 Å². The number of rotatable bonds is 3. The predicted octanol–water partition coefficient (Wildman–Crippen LogP) is 0.697. The summed E-state index contributed by atoms with van der Waals surface area (Å²) < 4.78 is 1.72. The van der Waals surface area contributed by atoms with Crippen molar-refractivity contribution in [2.75, 3.05) is 7.05 Å². The molecule has 0 N–H and O–H groups in total. The average Bonchev–Trinajstić information content (AvgIpc) is 2.49. The Morgan fingerprint density at radius 3 is 2.86 bits per heavy atom. The third kappa shape index (κ3) is 2.77. The van der Waals surface area contributed by atoms with E-state index in [1.807, 2.05) is 13.2 Å². The monoisotopic (exact) mass is 213 g/mol. The number of hydrogen-bond acceptors (Lipinski definition) is 3. The first kappa shape index (κ1) is 11.1. The van der Waals surface area contributed by atoms with Crippen molar-refractivity contribution in [1.82, 2.24) is 14.7 Å². The molecular formula is C9H15N3OS. The molecule has 0 aliphatic rings. The molecule has 1 amide bonds. The average molecular weight is 213 g/mol. The Morgan fingerprint density at radius 2 is 2.43 bits per heavy atom. The van der Waals surface area contributed by atoms with E-state index in [1.54, 1.807) is 29.7 Å². The minimum atomic E-state index is -0.253. The Kier molecular flexibility index (Phi) is 3.57. The zero-order chi connectivity index (χ0) is 10.7. The number of thiol groups is 1. The maximum Gasteiger partial charge on any atom is 0.235 e. The number of amides is 1. The molecular weight excluding hydrogens is 198 g/mol. The van der Waals surface area contributed by atoms with Crippen LogP contribution >= 0.6 is 12.6 Å². The highest BCUT2D eigenvalue weighted by Gasteiger charge is 2.13. The number of hydrogen-bond donors (Lipinski definition) is 1. The van der Waals surface area contributed by atoms with Gasteiger partial charge < -0.3 is 4.90 Å². The minimum absolute atomic E-state index is 0.0252. The van der Waals surface area contributed by atoms with Gasteiger partial charge >= 0.3 is 0 Å². The highest BCUT2D eigenvalue weighted by Crippen LogP contribution is 2.05. The quantitative estimate of drug-likeness (QED) is 0.750. The lowest BCUT2D eigenvalue weighted by Gasteiger charge is -2.17. The molecule has 0 fully saturated rings. The maximum atomic E-state index is 11.5. The van der Waals surface area contributed by atoms with E-state index in [9.17, 15) is 4.79 Å². The van der Waals surface area contributed by atoms with Crippen LogP contribution in [0.4, 0.5) is 0 Å². The molecule has 1 heterocycles. The van der Waals surface area contributed by atoms with Crippen molar-refractivity contribution in [2.45, 2.75) is 18.7 Å². The molecule has 0 spiro atoms. The summed E-state index contributed by atoms with van der Waals surface area (Å²) in [5, 5.41) is 3.78. The lowest BCUT2D eigenvalue weighted by atomic mass is 10.3. The molecule has 0 saturated carbocycles. The molecule has 4 nitrogen and oxygen atoms in total. The van der Waals surface area contributed by atoms with E-state index in [0.717, 1.165) is 5.56 Å². The van der Waals surface area contributed by atoms with E-state index in [4.69, 9.17) is 0 Å². The van der Waals surface area contributed by atoms with Crippen molar-refractivity contribution < 1.29 is 4.79 Å². The molecule has 1 rings (SSSR count). The van der Waals surface area contributed by atoms with Gasteiger partial charge in [0.2, 0.25) is 5.91 Å². The molecule has 0 bridgehead atoms.